The van der Waals surface area contributed by atoms with Crippen LogP contribution in [0.3, 0.4) is 0 Å². The topological polar surface area (TPSA) is 22.1 Å². The monoisotopic (exact) mass is 401 g/mol. The molecule has 1 fully saturated rings. The summed E-state index contributed by atoms with van der Waals surface area (Å²) >= 11 is 0. The molecule has 0 N–H and O–H groups in total. The summed E-state index contributed by atoms with van der Waals surface area (Å²) in [6, 6.07) is 9.10. The van der Waals surface area contributed by atoms with Gasteiger partial charge in [0.25, 0.3) is 5.95 Å². The van der Waals surface area contributed by atoms with Crippen LogP contribution in [0, 0.1) is 35.5 Å². The highest BCUT2D eigenvalue weighted by molar-refractivity contribution is 5.34. The molecule has 29 heavy (non-hydrogen) atoms. The summed E-state index contributed by atoms with van der Waals surface area (Å²) in [7, 11) is 0. The lowest BCUT2D eigenvalue weighted by Crippen LogP contribution is -2.12. The van der Waals surface area contributed by atoms with Crippen molar-refractivity contribution < 1.29 is 17.9 Å². The standard InChI is InChI=1S/C24H26F3NO/c1-2-3-4-15-29-21-13-11-19(12-14-21)18-8-5-17(6-9-18)7-10-20-16-22(25)24(27)28-23(20)26/h11-14,16-18H,2-6,8-9,15H2,1H3/t17-,18-. The number of rotatable bonds is 6. The predicted octanol–water partition coefficient (Wildman–Crippen LogP) is 6.39. The molecule has 0 amide bonds. The van der Waals surface area contributed by atoms with Crippen LogP contribution in [-0.4, -0.2) is 11.6 Å². The van der Waals surface area contributed by atoms with Crippen molar-refractivity contribution in [1.82, 2.24) is 4.98 Å². The zero-order valence-electron chi connectivity index (χ0n) is 16.7. The number of hydrogen-bond acceptors (Lipinski definition) is 2. The zero-order valence-corrected chi connectivity index (χ0v) is 16.7. The van der Waals surface area contributed by atoms with Crippen molar-refractivity contribution >= 4 is 0 Å². The maximum absolute atomic E-state index is 13.6. The molecule has 0 bridgehead atoms. The van der Waals surface area contributed by atoms with Gasteiger partial charge in [-0.1, -0.05) is 43.7 Å². The van der Waals surface area contributed by atoms with Gasteiger partial charge in [-0.25, -0.2) is 4.39 Å². The Bertz CT molecular complexity index is 862. The van der Waals surface area contributed by atoms with Gasteiger partial charge >= 0.3 is 0 Å². The van der Waals surface area contributed by atoms with Crippen molar-refractivity contribution in [3.05, 3.63) is 59.2 Å². The fourth-order valence-electron chi connectivity index (χ4n) is 3.66. The fraction of sp³-hybridized carbons (Fsp3) is 0.458. The molecule has 1 saturated carbocycles. The minimum atomic E-state index is -1.44. The highest BCUT2D eigenvalue weighted by atomic mass is 19.2. The molecule has 5 heteroatoms. The Morgan fingerprint density at radius 2 is 1.72 bits per heavy atom. The molecule has 1 aliphatic rings. The third-order valence-electron chi connectivity index (χ3n) is 5.39. The van der Waals surface area contributed by atoms with E-state index in [4.69, 9.17) is 4.74 Å². The summed E-state index contributed by atoms with van der Waals surface area (Å²) in [5, 5.41) is 0. The van der Waals surface area contributed by atoms with E-state index in [-0.39, 0.29) is 11.5 Å². The Kier molecular flexibility index (Phi) is 7.57. The highest BCUT2D eigenvalue weighted by Crippen LogP contribution is 2.36. The predicted molar refractivity (Wildman–Crippen MR) is 107 cm³/mol. The van der Waals surface area contributed by atoms with Crippen LogP contribution in [0.5, 0.6) is 5.75 Å². The molecular weight excluding hydrogens is 375 g/mol. The van der Waals surface area contributed by atoms with Crippen molar-refractivity contribution in [2.45, 2.75) is 57.8 Å². The van der Waals surface area contributed by atoms with Crippen molar-refractivity contribution in [3.63, 3.8) is 0 Å². The Labute approximate surface area is 170 Å². The SMILES string of the molecule is CCCCCOc1ccc([C@H]2CC[C@H](C#Cc3cc(F)c(F)nc3F)CC2)cc1. The summed E-state index contributed by atoms with van der Waals surface area (Å²) in [5.41, 5.74) is 1.11. The van der Waals surface area contributed by atoms with Crippen molar-refractivity contribution in [1.29, 1.82) is 0 Å². The smallest absolute Gasteiger partial charge is 0.251 e. The lowest BCUT2D eigenvalue weighted by molar-refractivity contribution is 0.306. The third-order valence-corrected chi connectivity index (χ3v) is 5.39. The maximum atomic E-state index is 13.6. The van der Waals surface area contributed by atoms with E-state index >= 15 is 0 Å². The van der Waals surface area contributed by atoms with Gasteiger partial charge in [-0.2, -0.15) is 13.8 Å². The van der Waals surface area contributed by atoms with E-state index < -0.39 is 17.7 Å². The second-order valence-electron chi connectivity index (χ2n) is 7.54. The van der Waals surface area contributed by atoms with Crippen LogP contribution in [-0.2, 0) is 0 Å². The molecule has 0 radical (unpaired) electrons. The van der Waals surface area contributed by atoms with Crippen molar-refractivity contribution in [3.8, 4) is 17.6 Å². The summed E-state index contributed by atoms with van der Waals surface area (Å²) in [6.07, 6.45) is 7.22. The van der Waals surface area contributed by atoms with Gasteiger partial charge in [-0.05, 0) is 61.8 Å². The molecule has 1 aliphatic carbocycles. The Morgan fingerprint density at radius 1 is 1.00 bits per heavy atom. The quantitative estimate of drug-likeness (QED) is 0.318. The summed E-state index contributed by atoms with van der Waals surface area (Å²) in [4.78, 5) is 2.90. The first-order valence-corrected chi connectivity index (χ1v) is 10.3. The van der Waals surface area contributed by atoms with E-state index in [1.165, 1.54) is 18.4 Å². The second-order valence-corrected chi connectivity index (χ2v) is 7.54. The molecule has 1 heterocycles. The number of hydrogen-bond donors (Lipinski definition) is 0. The molecule has 154 valence electrons. The lowest BCUT2D eigenvalue weighted by Gasteiger charge is -2.26. The van der Waals surface area contributed by atoms with E-state index in [9.17, 15) is 13.2 Å². The number of benzene rings is 1. The normalized spacial score (nSPS) is 18.8. The first-order valence-electron chi connectivity index (χ1n) is 10.3. The second kappa shape index (κ2) is 10.3. The number of aromatic nitrogens is 1. The molecule has 3 rings (SSSR count). The van der Waals surface area contributed by atoms with Gasteiger partial charge in [-0.15, -0.1) is 0 Å². The molecular formula is C24H26F3NO. The van der Waals surface area contributed by atoms with E-state index in [1.54, 1.807) is 0 Å². The first-order chi connectivity index (χ1) is 14.1. The van der Waals surface area contributed by atoms with Gasteiger partial charge in [0.15, 0.2) is 5.82 Å². The maximum Gasteiger partial charge on any atom is 0.251 e. The van der Waals surface area contributed by atoms with Gasteiger partial charge in [0.05, 0.1) is 12.2 Å². The zero-order chi connectivity index (χ0) is 20.6. The highest BCUT2D eigenvalue weighted by Gasteiger charge is 2.21. The Hall–Kier alpha value is -2.48. The van der Waals surface area contributed by atoms with Crippen LogP contribution in [0.1, 0.15) is 68.9 Å². The van der Waals surface area contributed by atoms with Gasteiger partial charge in [0.1, 0.15) is 5.75 Å². The third kappa shape index (κ3) is 6.00. The number of unbranched alkanes of at least 4 members (excludes halogenated alkanes) is 2. The van der Waals surface area contributed by atoms with Crippen LogP contribution >= 0.6 is 0 Å². The molecule has 0 saturated heterocycles. The van der Waals surface area contributed by atoms with E-state index in [0.29, 0.717) is 5.92 Å². The summed E-state index contributed by atoms with van der Waals surface area (Å²) < 4.78 is 45.5. The minimum absolute atomic E-state index is 0.125. The van der Waals surface area contributed by atoms with Crippen LogP contribution in [0.4, 0.5) is 13.2 Å². The molecule has 0 aliphatic heterocycles. The molecule has 0 spiro atoms. The first kappa shape index (κ1) is 21.2. The van der Waals surface area contributed by atoms with E-state index in [0.717, 1.165) is 50.5 Å². The number of ether oxygens (including phenoxy) is 1. The van der Waals surface area contributed by atoms with Crippen LogP contribution in [0.25, 0.3) is 0 Å². The van der Waals surface area contributed by atoms with Crippen molar-refractivity contribution in [2.75, 3.05) is 6.61 Å². The van der Waals surface area contributed by atoms with E-state index in [2.05, 4.69) is 35.9 Å². The van der Waals surface area contributed by atoms with Gasteiger partial charge in [-0.3, -0.25) is 0 Å². The summed E-state index contributed by atoms with van der Waals surface area (Å²) in [6.45, 7) is 2.93. The van der Waals surface area contributed by atoms with Gasteiger partial charge in [0, 0.05) is 5.92 Å². The van der Waals surface area contributed by atoms with Gasteiger partial charge < -0.3 is 4.74 Å². The average molecular weight is 401 g/mol. The number of halogens is 3. The molecule has 1 aromatic carbocycles. The lowest BCUT2D eigenvalue weighted by atomic mass is 9.79. The molecule has 1 aromatic heterocycles. The Balaban J connectivity index is 1.51. The largest absolute Gasteiger partial charge is 0.494 e. The van der Waals surface area contributed by atoms with E-state index in [1.807, 2.05) is 12.1 Å². The van der Waals surface area contributed by atoms with Gasteiger partial charge in [0.2, 0.25) is 5.95 Å². The minimum Gasteiger partial charge on any atom is -0.494 e. The fourth-order valence-corrected chi connectivity index (χ4v) is 3.66. The van der Waals surface area contributed by atoms with Crippen LogP contribution < -0.4 is 4.74 Å². The molecule has 0 unspecified atom stereocenters. The molecule has 2 nitrogen and oxygen atoms in total. The average Bonchev–Trinajstić information content (AvgIpc) is 2.74. The number of pyridine rings is 1. The number of nitrogens with zero attached hydrogens (tertiary/aromatic N) is 1. The summed E-state index contributed by atoms with van der Waals surface area (Å²) in [5.74, 6) is 3.45. The van der Waals surface area contributed by atoms with Crippen molar-refractivity contribution in [2.24, 2.45) is 5.92 Å². The van der Waals surface area contributed by atoms with Crippen LogP contribution in [0.2, 0.25) is 0 Å². The van der Waals surface area contributed by atoms with Crippen LogP contribution in [0.15, 0.2) is 30.3 Å². The Morgan fingerprint density at radius 3 is 2.41 bits per heavy atom. The molecule has 0 atom stereocenters. The molecule has 2 aromatic rings.